The Morgan fingerprint density at radius 1 is 0.463 bits per heavy atom. The molecule has 1 fully saturated rings. The second-order valence-electron chi connectivity index (χ2n) is 10.1. The zero-order valence-electron chi connectivity index (χ0n) is 23.2. The first-order valence-electron chi connectivity index (χ1n) is 14.2. The lowest BCUT2D eigenvalue weighted by Crippen LogP contribution is -2.60. The van der Waals surface area contributed by atoms with Crippen molar-refractivity contribution >= 4 is 0 Å². The predicted octanol–water partition coefficient (Wildman–Crippen LogP) is 6.07. The standard InChI is InChI=1S/C35H38O6/c36-22-21-31-32(37-23-27-13-5-1-6-14-27)33(38-24-28-15-7-2-8-16-28)34(39-25-29-17-9-3-10-18-29)35(41-31)40-26-30-19-11-4-12-20-30/h1-20,31-36H,21-26H2/t31-,32-,33+,34+,35?/m1/s1. The Morgan fingerprint density at radius 2 is 0.829 bits per heavy atom. The van der Waals surface area contributed by atoms with E-state index in [0.717, 1.165) is 22.3 Å². The van der Waals surface area contributed by atoms with E-state index in [4.69, 9.17) is 23.7 Å². The van der Waals surface area contributed by atoms with Crippen molar-refractivity contribution in [2.45, 2.75) is 63.6 Å². The minimum atomic E-state index is -0.729. The Kier molecular flexibility index (Phi) is 11.1. The molecule has 41 heavy (non-hydrogen) atoms. The topological polar surface area (TPSA) is 66.4 Å². The van der Waals surface area contributed by atoms with E-state index in [9.17, 15) is 5.11 Å². The predicted molar refractivity (Wildman–Crippen MR) is 157 cm³/mol. The van der Waals surface area contributed by atoms with E-state index in [0.29, 0.717) is 32.8 Å². The molecule has 0 saturated carbocycles. The summed E-state index contributed by atoms with van der Waals surface area (Å²) in [6.45, 7) is 1.41. The summed E-state index contributed by atoms with van der Waals surface area (Å²) >= 11 is 0. The summed E-state index contributed by atoms with van der Waals surface area (Å²) in [6.07, 6.45) is -2.41. The molecule has 0 spiro atoms. The average molecular weight is 555 g/mol. The molecule has 0 aromatic heterocycles. The molecule has 1 aliphatic heterocycles. The largest absolute Gasteiger partial charge is 0.396 e. The van der Waals surface area contributed by atoms with Crippen LogP contribution < -0.4 is 0 Å². The van der Waals surface area contributed by atoms with Crippen LogP contribution in [0.2, 0.25) is 0 Å². The Morgan fingerprint density at radius 3 is 1.24 bits per heavy atom. The number of ether oxygens (including phenoxy) is 5. The summed E-state index contributed by atoms with van der Waals surface area (Å²) in [6, 6.07) is 40.1. The van der Waals surface area contributed by atoms with E-state index in [2.05, 4.69) is 0 Å². The van der Waals surface area contributed by atoms with Crippen molar-refractivity contribution in [3.8, 4) is 0 Å². The minimum Gasteiger partial charge on any atom is -0.396 e. The van der Waals surface area contributed by atoms with Crippen LogP contribution in [0.25, 0.3) is 0 Å². The molecule has 4 aromatic rings. The van der Waals surface area contributed by atoms with Gasteiger partial charge in [-0.25, -0.2) is 0 Å². The molecule has 5 atom stereocenters. The Balaban J connectivity index is 1.43. The van der Waals surface area contributed by atoms with E-state index < -0.39 is 30.7 Å². The normalized spacial score (nSPS) is 22.4. The van der Waals surface area contributed by atoms with Gasteiger partial charge in [-0.15, -0.1) is 0 Å². The van der Waals surface area contributed by atoms with E-state index in [1.54, 1.807) is 0 Å². The molecule has 1 saturated heterocycles. The summed E-state index contributed by atoms with van der Waals surface area (Å²) in [5, 5.41) is 9.98. The van der Waals surface area contributed by atoms with Crippen LogP contribution in [0.3, 0.4) is 0 Å². The van der Waals surface area contributed by atoms with Crippen molar-refractivity contribution in [1.82, 2.24) is 0 Å². The summed E-state index contributed by atoms with van der Waals surface area (Å²) in [5.74, 6) is 0. The zero-order chi connectivity index (χ0) is 28.1. The molecule has 4 aromatic carbocycles. The maximum atomic E-state index is 9.98. The lowest BCUT2D eigenvalue weighted by Gasteiger charge is -2.46. The van der Waals surface area contributed by atoms with Gasteiger partial charge in [0.2, 0.25) is 0 Å². The third-order valence-corrected chi connectivity index (χ3v) is 7.12. The van der Waals surface area contributed by atoms with Gasteiger partial charge in [-0.2, -0.15) is 0 Å². The van der Waals surface area contributed by atoms with Crippen molar-refractivity contribution in [3.63, 3.8) is 0 Å². The van der Waals surface area contributed by atoms with E-state index in [1.807, 2.05) is 121 Å². The fraction of sp³-hybridized carbons (Fsp3) is 0.314. The molecule has 0 amide bonds. The minimum absolute atomic E-state index is 0.0534. The van der Waals surface area contributed by atoms with Gasteiger partial charge in [-0.05, 0) is 28.7 Å². The summed E-state index contributed by atoms with van der Waals surface area (Å²) in [5.41, 5.74) is 4.15. The maximum absolute atomic E-state index is 9.98. The van der Waals surface area contributed by atoms with Crippen LogP contribution in [0.5, 0.6) is 0 Å². The van der Waals surface area contributed by atoms with E-state index in [-0.39, 0.29) is 6.61 Å². The van der Waals surface area contributed by atoms with Crippen molar-refractivity contribution < 1.29 is 28.8 Å². The Labute approximate surface area is 242 Å². The quantitative estimate of drug-likeness (QED) is 0.204. The molecule has 1 heterocycles. The number of aliphatic hydroxyl groups excluding tert-OH is 1. The van der Waals surface area contributed by atoms with Gasteiger partial charge >= 0.3 is 0 Å². The van der Waals surface area contributed by atoms with Crippen LogP contribution in [-0.2, 0) is 50.1 Å². The maximum Gasteiger partial charge on any atom is 0.187 e. The van der Waals surface area contributed by atoms with Gasteiger partial charge in [0, 0.05) is 6.61 Å². The molecule has 0 aliphatic carbocycles. The zero-order valence-corrected chi connectivity index (χ0v) is 23.2. The molecule has 6 nitrogen and oxygen atoms in total. The highest BCUT2D eigenvalue weighted by molar-refractivity contribution is 5.16. The van der Waals surface area contributed by atoms with Crippen molar-refractivity contribution in [2.24, 2.45) is 0 Å². The SMILES string of the molecule is OCC[C@H]1OC(OCc2ccccc2)[C@@H](OCc2ccccc2)[C@@H](OCc2ccccc2)[C@@H]1OCc1ccccc1. The van der Waals surface area contributed by atoms with Crippen LogP contribution in [0.15, 0.2) is 121 Å². The van der Waals surface area contributed by atoms with Gasteiger partial charge in [-0.1, -0.05) is 121 Å². The van der Waals surface area contributed by atoms with Crippen LogP contribution in [0.1, 0.15) is 28.7 Å². The average Bonchev–Trinajstić information content (AvgIpc) is 3.03. The number of hydrogen-bond donors (Lipinski definition) is 1. The highest BCUT2D eigenvalue weighted by atomic mass is 16.7. The summed E-state index contributed by atoms with van der Waals surface area (Å²) in [7, 11) is 0. The van der Waals surface area contributed by atoms with Gasteiger partial charge in [0.05, 0.1) is 32.5 Å². The lowest BCUT2D eigenvalue weighted by atomic mass is 9.95. The molecule has 1 unspecified atom stereocenters. The fourth-order valence-corrected chi connectivity index (χ4v) is 4.99. The molecule has 5 rings (SSSR count). The van der Waals surface area contributed by atoms with E-state index in [1.165, 1.54) is 0 Å². The van der Waals surface area contributed by atoms with Crippen LogP contribution >= 0.6 is 0 Å². The first kappa shape index (κ1) is 29.1. The molecule has 0 radical (unpaired) electrons. The lowest BCUT2D eigenvalue weighted by molar-refractivity contribution is -0.327. The number of benzene rings is 4. The Bertz CT molecular complexity index is 1260. The van der Waals surface area contributed by atoms with Gasteiger partial charge < -0.3 is 28.8 Å². The number of aliphatic hydroxyl groups is 1. The van der Waals surface area contributed by atoms with Crippen LogP contribution in [-0.4, -0.2) is 42.4 Å². The van der Waals surface area contributed by atoms with Crippen molar-refractivity contribution in [2.75, 3.05) is 6.61 Å². The monoisotopic (exact) mass is 554 g/mol. The third-order valence-electron chi connectivity index (χ3n) is 7.12. The van der Waals surface area contributed by atoms with Gasteiger partial charge in [0.1, 0.15) is 18.3 Å². The van der Waals surface area contributed by atoms with E-state index >= 15 is 0 Å². The second-order valence-corrected chi connectivity index (χ2v) is 10.1. The highest BCUT2D eigenvalue weighted by Crippen LogP contribution is 2.32. The van der Waals surface area contributed by atoms with Gasteiger partial charge in [0.25, 0.3) is 0 Å². The first-order chi connectivity index (χ1) is 20.3. The molecule has 1 N–H and O–H groups in total. The number of hydrogen-bond acceptors (Lipinski definition) is 6. The van der Waals surface area contributed by atoms with Gasteiger partial charge in [0.15, 0.2) is 6.29 Å². The third kappa shape index (κ3) is 8.57. The molecular weight excluding hydrogens is 516 g/mol. The molecular formula is C35H38O6. The molecule has 1 aliphatic rings. The molecule has 0 bridgehead atoms. The summed E-state index contributed by atoms with van der Waals surface area (Å²) < 4.78 is 32.6. The highest BCUT2D eigenvalue weighted by Gasteiger charge is 2.48. The number of rotatable bonds is 14. The van der Waals surface area contributed by atoms with Crippen LogP contribution in [0, 0.1) is 0 Å². The molecule has 214 valence electrons. The van der Waals surface area contributed by atoms with Crippen molar-refractivity contribution in [1.29, 1.82) is 0 Å². The van der Waals surface area contributed by atoms with Crippen molar-refractivity contribution in [3.05, 3.63) is 144 Å². The fourth-order valence-electron chi connectivity index (χ4n) is 4.99. The summed E-state index contributed by atoms with van der Waals surface area (Å²) in [4.78, 5) is 0. The molecule has 6 heteroatoms. The second kappa shape index (κ2) is 15.6. The van der Waals surface area contributed by atoms with Gasteiger partial charge in [-0.3, -0.25) is 0 Å². The smallest absolute Gasteiger partial charge is 0.187 e. The Hall–Kier alpha value is -3.36. The first-order valence-corrected chi connectivity index (χ1v) is 14.2. The van der Waals surface area contributed by atoms with Crippen LogP contribution in [0.4, 0.5) is 0 Å².